The van der Waals surface area contributed by atoms with Crippen LogP contribution in [0.4, 0.5) is 5.69 Å². The maximum absolute atomic E-state index is 13.0. The highest BCUT2D eigenvalue weighted by Gasteiger charge is 2.22. The average Bonchev–Trinajstić information content (AvgIpc) is 3.50. The van der Waals surface area contributed by atoms with E-state index in [2.05, 4.69) is 33.7 Å². The van der Waals surface area contributed by atoms with Crippen molar-refractivity contribution in [3.8, 4) is 11.6 Å². The van der Waals surface area contributed by atoms with E-state index in [1.54, 1.807) is 6.26 Å². The highest BCUT2D eigenvalue weighted by molar-refractivity contribution is 8.00. The molecule has 0 radical (unpaired) electrons. The number of anilines is 1. The topological polar surface area (TPSA) is 73.0 Å². The van der Waals surface area contributed by atoms with Gasteiger partial charge < -0.3 is 9.73 Å². The second-order valence-electron chi connectivity index (χ2n) is 7.67. The van der Waals surface area contributed by atoms with Crippen LogP contribution >= 0.6 is 11.8 Å². The Morgan fingerprint density at radius 2 is 1.76 bits per heavy atom. The van der Waals surface area contributed by atoms with Gasteiger partial charge in [-0.25, -0.2) is 0 Å². The molecule has 0 aliphatic heterocycles. The maximum Gasteiger partial charge on any atom is 0.237 e. The van der Waals surface area contributed by atoms with E-state index < -0.39 is 0 Å². The van der Waals surface area contributed by atoms with E-state index in [9.17, 15) is 4.79 Å². The van der Waals surface area contributed by atoms with Crippen LogP contribution in [0.3, 0.4) is 0 Å². The zero-order valence-corrected chi connectivity index (χ0v) is 18.8. The fourth-order valence-electron chi connectivity index (χ4n) is 3.60. The normalized spacial score (nSPS) is 12.0. The number of amides is 1. The van der Waals surface area contributed by atoms with Crippen LogP contribution in [0.1, 0.15) is 12.5 Å². The lowest BCUT2D eigenvalue weighted by atomic mass is 10.1. The number of furan rings is 1. The summed E-state index contributed by atoms with van der Waals surface area (Å²) in [5.74, 6) is 1.18. The van der Waals surface area contributed by atoms with E-state index >= 15 is 0 Å². The van der Waals surface area contributed by atoms with E-state index in [4.69, 9.17) is 4.42 Å². The van der Waals surface area contributed by atoms with Gasteiger partial charge in [-0.3, -0.25) is 9.36 Å². The lowest BCUT2D eigenvalue weighted by Gasteiger charge is -2.14. The van der Waals surface area contributed by atoms with Crippen LogP contribution in [0.2, 0.25) is 0 Å². The maximum atomic E-state index is 13.0. The van der Waals surface area contributed by atoms with E-state index in [0.717, 1.165) is 22.0 Å². The molecule has 0 saturated carbocycles. The van der Waals surface area contributed by atoms with Crippen molar-refractivity contribution in [1.82, 2.24) is 14.8 Å². The largest absolute Gasteiger partial charge is 0.461 e. The molecule has 0 fully saturated rings. The van der Waals surface area contributed by atoms with Crippen LogP contribution in [-0.4, -0.2) is 25.9 Å². The Hall–Kier alpha value is -3.84. The van der Waals surface area contributed by atoms with Gasteiger partial charge >= 0.3 is 0 Å². The summed E-state index contributed by atoms with van der Waals surface area (Å²) >= 11 is 1.37. The standard InChI is InChI=1S/C26H22N4O2S/c1-18(25(31)27-22-14-13-20-10-5-6-11-21(20)16-22)33-26-29-28-24(23-12-7-15-32-23)30(26)17-19-8-3-2-4-9-19/h2-16,18H,17H2,1H3,(H,27,31). The first-order valence-electron chi connectivity index (χ1n) is 10.6. The first-order chi connectivity index (χ1) is 16.2. The van der Waals surface area contributed by atoms with Crippen LogP contribution in [0, 0.1) is 0 Å². The molecule has 1 amide bonds. The van der Waals surface area contributed by atoms with Crippen LogP contribution in [0.25, 0.3) is 22.4 Å². The van der Waals surface area contributed by atoms with Gasteiger partial charge in [0.1, 0.15) is 0 Å². The van der Waals surface area contributed by atoms with Crippen molar-refractivity contribution in [2.75, 3.05) is 5.32 Å². The molecule has 1 atom stereocenters. The van der Waals surface area contributed by atoms with E-state index in [1.165, 1.54) is 11.8 Å². The van der Waals surface area contributed by atoms with Gasteiger partial charge in [0.2, 0.25) is 11.7 Å². The molecular weight excluding hydrogens is 432 g/mol. The highest BCUT2D eigenvalue weighted by Crippen LogP contribution is 2.29. The van der Waals surface area contributed by atoms with Crippen molar-refractivity contribution in [2.45, 2.75) is 23.9 Å². The Morgan fingerprint density at radius 1 is 0.970 bits per heavy atom. The summed E-state index contributed by atoms with van der Waals surface area (Å²) in [5, 5.41) is 14.3. The van der Waals surface area contributed by atoms with Crippen molar-refractivity contribution in [3.05, 3.63) is 96.8 Å². The molecule has 2 aromatic heterocycles. The molecule has 0 spiro atoms. The molecule has 0 aliphatic carbocycles. The van der Waals surface area contributed by atoms with Gasteiger partial charge in [-0.2, -0.15) is 0 Å². The van der Waals surface area contributed by atoms with Crippen molar-refractivity contribution in [3.63, 3.8) is 0 Å². The van der Waals surface area contributed by atoms with Crippen LogP contribution in [0.15, 0.2) is 101 Å². The molecule has 33 heavy (non-hydrogen) atoms. The quantitative estimate of drug-likeness (QED) is 0.312. The van der Waals surface area contributed by atoms with Gasteiger partial charge in [0, 0.05) is 5.69 Å². The summed E-state index contributed by atoms with van der Waals surface area (Å²) in [5.41, 5.74) is 1.88. The number of carbonyl (C=O) groups is 1. The summed E-state index contributed by atoms with van der Waals surface area (Å²) in [6.45, 7) is 2.44. The van der Waals surface area contributed by atoms with E-state index in [1.807, 2.05) is 78.2 Å². The number of carbonyl (C=O) groups excluding carboxylic acids is 1. The molecule has 5 aromatic rings. The monoisotopic (exact) mass is 454 g/mol. The van der Waals surface area contributed by atoms with Crippen LogP contribution < -0.4 is 5.32 Å². The lowest BCUT2D eigenvalue weighted by Crippen LogP contribution is -2.23. The minimum absolute atomic E-state index is 0.0934. The number of nitrogens with one attached hydrogen (secondary N) is 1. The summed E-state index contributed by atoms with van der Waals surface area (Å²) in [4.78, 5) is 13.0. The fourth-order valence-corrected chi connectivity index (χ4v) is 4.44. The predicted octanol–water partition coefficient (Wildman–Crippen LogP) is 5.86. The summed E-state index contributed by atoms with van der Waals surface area (Å²) in [7, 11) is 0. The third-order valence-corrected chi connectivity index (χ3v) is 6.39. The van der Waals surface area contributed by atoms with Gasteiger partial charge in [0.15, 0.2) is 10.9 Å². The minimum atomic E-state index is -0.375. The second-order valence-corrected chi connectivity index (χ2v) is 8.97. The Kier molecular flexibility index (Phi) is 5.95. The van der Waals surface area contributed by atoms with Crippen molar-refractivity contribution in [2.24, 2.45) is 0 Å². The number of nitrogens with zero attached hydrogens (tertiary/aromatic N) is 3. The van der Waals surface area contributed by atoms with Gasteiger partial charge in [-0.15, -0.1) is 10.2 Å². The molecule has 6 nitrogen and oxygen atoms in total. The van der Waals surface area contributed by atoms with Crippen molar-refractivity contribution in [1.29, 1.82) is 0 Å². The van der Waals surface area contributed by atoms with Gasteiger partial charge in [-0.05, 0) is 47.5 Å². The third-order valence-electron chi connectivity index (χ3n) is 5.31. The molecule has 164 valence electrons. The zero-order chi connectivity index (χ0) is 22.6. The highest BCUT2D eigenvalue weighted by atomic mass is 32.2. The SMILES string of the molecule is CC(Sc1nnc(-c2ccco2)n1Cc1ccccc1)C(=O)Nc1ccc2ccccc2c1. The molecule has 0 saturated heterocycles. The summed E-state index contributed by atoms with van der Waals surface area (Å²) < 4.78 is 7.55. The van der Waals surface area contributed by atoms with E-state index in [-0.39, 0.29) is 11.2 Å². The summed E-state index contributed by atoms with van der Waals surface area (Å²) in [6.07, 6.45) is 1.61. The molecule has 2 heterocycles. The van der Waals surface area contributed by atoms with Gasteiger partial charge in [0.25, 0.3) is 0 Å². The molecule has 0 aliphatic rings. The molecule has 3 aromatic carbocycles. The number of benzene rings is 3. The molecule has 1 N–H and O–H groups in total. The van der Waals surface area contributed by atoms with Gasteiger partial charge in [-0.1, -0.05) is 72.4 Å². The first kappa shape index (κ1) is 21.0. The number of rotatable bonds is 7. The molecular formula is C26H22N4O2S. The number of aromatic nitrogens is 3. The van der Waals surface area contributed by atoms with Crippen molar-refractivity contribution >= 4 is 34.1 Å². The first-order valence-corrected chi connectivity index (χ1v) is 11.5. The molecule has 0 bridgehead atoms. The Morgan fingerprint density at radius 3 is 2.55 bits per heavy atom. The van der Waals surface area contributed by atoms with Crippen LogP contribution in [-0.2, 0) is 11.3 Å². The second kappa shape index (κ2) is 9.34. The van der Waals surface area contributed by atoms with Crippen LogP contribution in [0.5, 0.6) is 0 Å². The summed E-state index contributed by atoms with van der Waals surface area (Å²) in [6, 6.07) is 27.8. The smallest absolute Gasteiger partial charge is 0.237 e. The average molecular weight is 455 g/mol. The molecule has 1 unspecified atom stereocenters. The Labute approximate surface area is 195 Å². The molecule has 5 rings (SSSR count). The number of hydrogen-bond donors (Lipinski definition) is 1. The van der Waals surface area contributed by atoms with Gasteiger partial charge in [0.05, 0.1) is 18.1 Å². The predicted molar refractivity (Wildman–Crippen MR) is 131 cm³/mol. The lowest BCUT2D eigenvalue weighted by molar-refractivity contribution is -0.115. The number of hydrogen-bond acceptors (Lipinski definition) is 5. The third kappa shape index (κ3) is 4.68. The molecule has 7 heteroatoms. The minimum Gasteiger partial charge on any atom is -0.461 e. The zero-order valence-electron chi connectivity index (χ0n) is 18.0. The Balaban J connectivity index is 1.36. The fraction of sp³-hybridized carbons (Fsp3) is 0.115. The Bertz CT molecular complexity index is 1380. The van der Waals surface area contributed by atoms with Crippen molar-refractivity contribution < 1.29 is 9.21 Å². The number of thioether (sulfide) groups is 1. The van der Waals surface area contributed by atoms with E-state index in [0.29, 0.717) is 23.3 Å². The number of fused-ring (bicyclic) bond motifs is 1.